The number of benzene rings is 2. The summed E-state index contributed by atoms with van der Waals surface area (Å²) in [6.07, 6.45) is 3.48. The van der Waals surface area contributed by atoms with Crippen LogP contribution in [-0.2, 0) is 9.59 Å². The predicted molar refractivity (Wildman–Crippen MR) is 137 cm³/mol. The van der Waals surface area contributed by atoms with Gasteiger partial charge in [-0.25, -0.2) is 4.79 Å². The zero-order chi connectivity index (χ0) is 25.0. The minimum absolute atomic E-state index is 0.0103. The first-order valence-electron chi connectivity index (χ1n) is 12.8. The maximum absolute atomic E-state index is 13.3. The van der Waals surface area contributed by atoms with Crippen molar-refractivity contribution in [3.05, 3.63) is 71.3 Å². The maximum atomic E-state index is 13.3. The lowest BCUT2D eigenvalue weighted by Gasteiger charge is -2.39. The molecule has 186 valence electrons. The van der Waals surface area contributed by atoms with E-state index in [1.807, 2.05) is 35.2 Å². The van der Waals surface area contributed by atoms with E-state index in [9.17, 15) is 14.4 Å². The van der Waals surface area contributed by atoms with Crippen molar-refractivity contribution in [2.75, 3.05) is 26.2 Å². The molecule has 3 fully saturated rings. The van der Waals surface area contributed by atoms with Crippen molar-refractivity contribution in [3.8, 4) is 11.8 Å². The van der Waals surface area contributed by atoms with Gasteiger partial charge in [-0.2, -0.15) is 0 Å². The van der Waals surface area contributed by atoms with E-state index in [0.717, 1.165) is 43.4 Å². The van der Waals surface area contributed by atoms with Gasteiger partial charge in [-0.1, -0.05) is 42.2 Å². The third-order valence-corrected chi connectivity index (χ3v) is 7.75. The highest BCUT2D eigenvalue weighted by atomic mass is 16.2. The molecule has 36 heavy (non-hydrogen) atoms. The lowest BCUT2D eigenvalue weighted by atomic mass is 9.76. The van der Waals surface area contributed by atoms with Crippen LogP contribution in [0.5, 0.6) is 0 Å². The summed E-state index contributed by atoms with van der Waals surface area (Å²) in [6.45, 7) is 2.81. The first-order chi connectivity index (χ1) is 17.5. The van der Waals surface area contributed by atoms with Gasteiger partial charge in [0, 0.05) is 36.7 Å². The van der Waals surface area contributed by atoms with Gasteiger partial charge in [0.05, 0.1) is 6.42 Å². The molecule has 7 nitrogen and oxygen atoms in total. The van der Waals surface area contributed by atoms with E-state index in [0.29, 0.717) is 25.6 Å². The van der Waals surface area contributed by atoms with E-state index < -0.39 is 11.6 Å². The predicted octanol–water partition coefficient (Wildman–Crippen LogP) is 2.76. The SMILES string of the molecule is O=C1NC(=O)C(CC(=O)N2CCC(c3ccc(C#Cc4ccccc4)cc3)CC2)(C2CCCNC2)N1. The second-order valence-electron chi connectivity index (χ2n) is 9.99. The van der Waals surface area contributed by atoms with E-state index >= 15 is 0 Å². The normalized spacial score (nSPS) is 24.4. The van der Waals surface area contributed by atoms with Crippen LogP contribution in [0, 0.1) is 17.8 Å². The Kier molecular flexibility index (Phi) is 7.06. The fourth-order valence-electron chi connectivity index (χ4n) is 5.65. The standard InChI is InChI=1S/C29H32N4O3/c34-26(19-29(25-7-4-16-30-20-25)27(35)31-28(36)32-29)33-17-14-24(15-18-33)23-12-10-22(11-13-23)9-8-21-5-2-1-3-6-21/h1-3,5-6,10-13,24-25,30H,4,7,14-20H2,(H2,31,32,35,36). The first kappa shape index (κ1) is 24.1. The number of hydrogen-bond donors (Lipinski definition) is 3. The van der Waals surface area contributed by atoms with Crippen molar-refractivity contribution in [3.63, 3.8) is 0 Å². The summed E-state index contributed by atoms with van der Waals surface area (Å²) in [5, 5.41) is 8.49. The van der Waals surface area contributed by atoms with Crippen molar-refractivity contribution in [1.82, 2.24) is 20.9 Å². The minimum Gasteiger partial charge on any atom is -0.343 e. The molecule has 0 saturated carbocycles. The Morgan fingerprint density at radius 1 is 0.944 bits per heavy atom. The smallest absolute Gasteiger partial charge is 0.322 e. The largest absolute Gasteiger partial charge is 0.343 e. The molecule has 3 heterocycles. The molecule has 2 aromatic carbocycles. The summed E-state index contributed by atoms with van der Waals surface area (Å²) in [5.41, 5.74) is 2.08. The number of imide groups is 1. The molecular formula is C29H32N4O3. The van der Waals surface area contributed by atoms with E-state index in [1.54, 1.807) is 0 Å². The summed E-state index contributed by atoms with van der Waals surface area (Å²) in [5.74, 6) is 6.25. The van der Waals surface area contributed by atoms with Gasteiger partial charge >= 0.3 is 6.03 Å². The van der Waals surface area contributed by atoms with Crippen LogP contribution >= 0.6 is 0 Å². The van der Waals surface area contributed by atoms with E-state index in [-0.39, 0.29) is 24.2 Å². The maximum Gasteiger partial charge on any atom is 0.322 e. The monoisotopic (exact) mass is 484 g/mol. The highest BCUT2D eigenvalue weighted by Gasteiger charge is 2.53. The molecular weight excluding hydrogens is 452 g/mol. The molecule has 0 radical (unpaired) electrons. The van der Waals surface area contributed by atoms with Gasteiger partial charge in [0.25, 0.3) is 5.91 Å². The number of nitrogens with one attached hydrogen (secondary N) is 3. The van der Waals surface area contributed by atoms with Gasteiger partial charge in [-0.3, -0.25) is 14.9 Å². The summed E-state index contributed by atoms with van der Waals surface area (Å²) >= 11 is 0. The second-order valence-corrected chi connectivity index (χ2v) is 9.99. The summed E-state index contributed by atoms with van der Waals surface area (Å²) < 4.78 is 0. The fourth-order valence-corrected chi connectivity index (χ4v) is 5.65. The number of likely N-dealkylation sites (tertiary alicyclic amines) is 1. The van der Waals surface area contributed by atoms with Crippen LogP contribution in [-0.4, -0.2) is 54.5 Å². The number of nitrogens with zero attached hydrogens (tertiary/aromatic N) is 1. The minimum atomic E-state index is -1.16. The van der Waals surface area contributed by atoms with Crippen LogP contribution in [0.25, 0.3) is 0 Å². The third kappa shape index (κ3) is 5.14. The molecule has 2 atom stereocenters. The average Bonchev–Trinajstić information content (AvgIpc) is 3.22. The number of carbonyl (C=O) groups excluding carboxylic acids is 3. The van der Waals surface area contributed by atoms with Gasteiger partial charge < -0.3 is 15.5 Å². The number of rotatable bonds is 4. The highest BCUT2D eigenvalue weighted by molar-refractivity contribution is 6.09. The van der Waals surface area contributed by atoms with Gasteiger partial charge in [0.2, 0.25) is 5.91 Å². The molecule has 3 aliphatic rings. The molecule has 3 N–H and O–H groups in total. The zero-order valence-electron chi connectivity index (χ0n) is 20.4. The van der Waals surface area contributed by atoms with Crippen molar-refractivity contribution < 1.29 is 14.4 Å². The van der Waals surface area contributed by atoms with Crippen molar-refractivity contribution in [2.45, 2.75) is 43.6 Å². The Labute approximate surface area is 212 Å². The molecule has 2 unspecified atom stereocenters. The Bertz CT molecular complexity index is 1170. The topological polar surface area (TPSA) is 90.5 Å². The molecule has 7 heteroatoms. The second kappa shape index (κ2) is 10.5. The number of amides is 4. The molecule has 0 spiro atoms. The number of carbonyl (C=O) groups is 3. The van der Waals surface area contributed by atoms with Crippen molar-refractivity contribution in [1.29, 1.82) is 0 Å². The molecule has 5 rings (SSSR count). The van der Waals surface area contributed by atoms with Crippen LogP contribution in [0.15, 0.2) is 54.6 Å². The molecule has 3 saturated heterocycles. The lowest BCUT2D eigenvalue weighted by Crippen LogP contribution is -2.59. The van der Waals surface area contributed by atoms with Crippen LogP contribution in [0.2, 0.25) is 0 Å². The summed E-state index contributed by atoms with van der Waals surface area (Å²) in [7, 11) is 0. The molecule has 2 aromatic rings. The van der Waals surface area contributed by atoms with Gasteiger partial charge in [-0.05, 0) is 68.0 Å². The number of piperidine rings is 2. The lowest BCUT2D eigenvalue weighted by molar-refractivity contribution is -0.139. The summed E-state index contributed by atoms with van der Waals surface area (Å²) in [6, 6.07) is 17.8. The van der Waals surface area contributed by atoms with Crippen LogP contribution in [0.3, 0.4) is 0 Å². The fraction of sp³-hybridized carbons (Fsp3) is 0.414. The molecule has 0 aromatic heterocycles. The zero-order valence-corrected chi connectivity index (χ0v) is 20.4. The molecule has 3 aliphatic heterocycles. The first-order valence-corrected chi connectivity index (χ1v) is 12.8. The molecule has 0 bridgehead atoms. The summed E-state index contributed by atoms with van der Waals surface area (Å²) in [4.78, 5) is 40.0. The number of hydrogen-bond acceptors (Lipinski definition) is 4. The van der Waals surface area contributed by atoms with Gasteiger partial charge in [-0.15, -0.1) is 0 Å². The van der Waals surface area contributed by atoms with Crippen LogP contribution in [0.1, 0.15) is 54.7 Å². The molecule has 0 aliphatic carbocycles. The van der Waals surface area contributed by atoms with E-state index in [2.05, 4.69) is 52.1 Å². The Hall–Kier alpha value is -3.63. The quantitative estimate of drug-likeness (QED) is 0.460. The molecule has 4 amide bonds. The van der Waals surface area contributed by atoms with Crippen molar-refractivity contribution >= 4 is 17.8 Å². The average molecular weight is 485 g/mol. The highest BCUT2D eigenvalue weighted by Crippen LogP contribution is 2.33. The Morgan fingerprint density at radius 3 is 2.25 bits per heavy atom. The van der Waals surface area contributed by atoms with Crippen LogP contribution < -0.4 is 16.0 Å². The van der Waals surface area contributed by atoms with Gasteiger partial charge in [0.1, 0.15) is 5.54 Å². The Balaban J connectivity index is 1.19. The number of urea groups is 1. The van der Waals surface area contributed by atoms with Gasteiger partial charge in [0.15, 0.2) is 0 Å². The van der Waals surface area contributed by atoms with Crippen LogP contribution in [0.4, 0.5) is 4.79 Å². The van der Waals surface area contributed by atoms with E-state index in [1.165, 1.54) is 5.56 Å². The van der Waals surface area contributed by atoms with Crippen molar-refractivity contribution in [2.24, 2.45) is 5.92 Å². The third-order valence-electron chi connectivity index (χ3n) is 7.75. The van der Waals surface area contributed by atoms with E-state index in [4.69, 9.17) is 0 Å². The Morgan fingerprint density at radius 2 is 1.64 bits per heavy atom.